The molecule has 0 spiro atoms. The average molecular weight is 366 g/mol. The number of carbonyl (C=O) groups excluding carboxylic acids is 1. The SMILES string of the molecule is CC(Oc1ccc(Br)cc1)C(=O)NCCc1ccccc1F. The van der Waals surface area contributed by atoms with E-state index in [0.717, 1.165) is 4.47 Å². The third kappa shape index (κ3) is 4.84. The van der Waals surface area contributed by atoms with E-state index in [4.69, 9.17) is 4.74 Å². The quantitative estimate of drug-likeness (QED) is 0.847. The molecule has 1 amide bonds. The highest BCUT2D eigenvalue weighted by Gasteiger charge is 2.14. The van der Waals surface area contributed by atoms with E-state index in [2.05, 4.69) is 21.2 Å². The standard InChI is InChI=1S/C17H17BrFNO2/c1-12(22-15-8-6-14(18)7-9-15)17(21)20-11-10-13-4-2-3-5-16(13)19/h2-9,12H,10-11H2,1H3,(H,20,21). The molecule has 0 fully saturated rings. The Morgan fingerprint density at radius 3 is 2.59 bits per heavy atom. The van der Waals surface area contributed by atoms with Gasteiger partial charge in [0, 0.05) is 11.0 Å². The van der Waals surface area contributed by atoms with Gasteiger partial charge in [-0.3, -0.25) is 4.79 Å². The summed E-state index contributed by atoms with van der Waals surface area (Å²) in [5.74, 6) is 0.148. The van der Waals surface area contributed by atoms with Gasteiger partial charge in [0.05, 0.1) is 0 Å². The smallest absolute Gasteiger partial charge is 0.260 e. The van der Waals surface area contributed by atoms with E-state index >= 15 is 0 Å². The van der Waals surface area contributed by atoms with Crippen molar-refractivity contribution in [2.24, 2.45) is 0 Å². The van der Waals surface area contributed by atoms with Crippen LogP contribution in [0.25, 0.3) is 0 Å². The molecule has 5 heteroatoms. The lowest BCUT2D eigenvalue weighted by Gasteiger charge is -2.15. The molecule has 0 bridgehead atoms. The van der Waals surface area contributed by atoms with Gasteiger partial charge in [0.1, 0.15) is 11.6 Å². The monoisotopic (exact) mass is 365 g/mol. The van der Waals surface area contributed by atoms with E-state index in [9.17, 15) is 9.18 Å². The molecule has 116 valence electrons. The summed E-state index contributed by atoms with van der Waals surface area (Å²) in [5, 5.41) is 2.75. The molecule has 0 aliphatic heterocycles. The van der Waals surface area contributed by atoms with Crippen LogP contribution in [0.2, 0.25) is 0 Å². The van der Waals surface area contributed by atoms with Crippen LogP contribution in [0.5, 0.6) is 5.75 Å². The molecule has 22 heavy (non-hydrogen) atoms. The maximum absolute atomic E-state index is 13.5. The summed E-state index contributed by atoms with van der Waals surface area (Å²) < 4.78 is 19.9. The molecule has 3 nitrogen and oxygen atoms in total. The minimum atomic E-state index is -0.609. The predicted molar refractivity (Wildman–Crippen MR) is 87.3 cm³/mol. The molecular weight excluding hydrogens is 349 g/mol. The highest BCUT2D eigenvalue weighted by molar-refractivity contribution is 9.10. The zero-order valence-electron chi connectivity index (χ0n) is 12.2. The summed E-state index contributed by atoms with van der Waals surface area (Å²) >= 11 is 3.34. The molecule has 0 heterocycles. The summed E-state index contributed by atoms with van der Waals surface area (Å²) in [6.07, 6.45) is -0.162. The number of carbonyl (C=O) groups is 1. The van der Waals surface area contributed by atoms with Crippen LogP contribution in [-0.2, 0) is 11.2 Å². The van der Waals surface area contributed by atoms with E-state index in [0.29, 0.717) is 24.3 Å². The van der Waals surface area contributed by atoms with Gasteiger partial charge in [-0.25, -0.2) is 4.39 Å². The van der Waals surface area contributed by atoms with Gasteiger partial charge in [-0.15, -0.1) is 0 Å². The fourth-order valence-corrected chi connectivity index (χ4v) is 2.20. The normalized spacial score (nSPS) is 11.8. The largest absolute Gasteiger partial charge is 0.481 e. The number of ether oxygens (including phenoxy) is 1. The van der Waals surface area contributed by atoms with Crippen molar-refractivity contribution < 1.29 is 13.9 Å². The first kappa shape index (κ1) is 16.5. The fourth-order valence-electron chi connectivity index (χ4n) is 1.94. The number of benzene rings is 2. The van der Waals surface area contributed by atoms with Crippen molar-refractivity contribution in [1.82, 2.24) is 5.32 Å². The molecule has 2 aromatic rings. The number of halogens is 2. The first-order valence-electron chi connectivity index (χ1n) is 6.99. The van der Waals surface area contributed by atoms with Gasteiger partial charge >= 0.3 is 0 Å². The Morgan fingerprint density at radius 1 is 1.23 bits per heavy atom. The van der Waals surface area contributed by atoms with E-state index in [1.54, 1.807) is 37.3 Å². The van der Waals surface area contributed by atoms with Crippen LogP contribution in [-0.4, -0.2) is 18.6 Å². The molecule has 1 atom stereocenters. The highest BCUT2D eigenvalue weighted by atomic mass is 79.9. The Bertz CT molecular complexity index is 631. The lowest BCUT2D eigenvalue weighted by atomic mass is 10.1. The minimum absolute atomic E-state index is 0.223. The van der Waals surface area contributed by atoms with Gasteiger partial charge in [0.2, 0.25) is 0 Å². The summed E-state index contributed by atoms with van der Waals surface area (Å²) in [4.78, 5) is 12.0. The summed E-state index contributed by atoms with van der Waals surface area (Å²) in [5.41, 5.74) is 0.587. The Kier molecular flexibility index (Phi) is 5.95. The molecule has 0 aliphatic rings. The first-order valence-corrected chi connectivity index (χ1v) is 7.79. The van der Waals surface area contributed by atoms with Crippen molar-refractivity contribution in [3.8, 4) is 5.75 Å². The molecule has 0 aliphatic carbocycles. The van der Waals surface area contributed by atoms with Crippen molar-refractivity contribution in [3.63, 3.8) is 0 Å². The molecule has 1 unspecified atom stereocenters. The third-order valence-electron chi connectivity index (χ3n) is 3.15. The average Bonchev–Trinajstić information content (AvgIpc) is 2.51. The lowest BCUT2D eigenvalue weighted by molar-refractivity contribution is -0.127. The van der Waals surface area contributed by atoms with Crippen molar-refractivity contribution >= 4 is 21.8 Å². The molecular formula is C17H17BrFNO2. The van der Waals surface area contributed by atoms with Gasteiger partial charge in [-0.05, 0) is 49.2 Å². The van der Waals surface area contributed by atoms with Crippen LogP contribution >= 0.6 is 15.9 Å². The number of amides is 1. The highest BCUT2D eigenvalue weighted by Crippen LogP contribution is 2.17. The molecule has 1 N–H and O–H groups in total. The van der Waals surface area contributed by atoms with E-state index < -0.39 is 6.10 Å². The van der Waals surface area contributed by atoms with E-state index in [1.807, 2.05) is 12.1 Å². The summed E-state index contributed by atoms with van der Waals surface area (Å²) in [7, 11) is 0. The van der Waals surface area contributed by atoms with E-state index in [1.165, 1.54) is 6.07 Å². The van der Waals surface area contributed by atoms with Crippen molar-refractivity contribution in [3.05, 3.63) is 64.4 Å². The number of hydrogen-bond acceptors (Lipinski definition) is 2. The van der Waals surface area contributed by atoms with E-state index in [-0.39, 0.29) is 11.7 Å². The number of rotatable bonds is 6. The van der Waals surface area contributed by atoms with Crippen LogP contribution in [0.4, 0.5) is 4.39 Å². The van der Waals surface area contributed by atoms with Gasteiger partial charge in [0.15, 0.2) is 6.10 Å². The Hall–Kier alpha value is -1.88. The van der Waals surface area contributed by atoms with Crippen molar-refractivity contribution in [2.75, 3.05) is 6.54 Å². The molecule has 0 aromatic heterocycles. The van der Waals surface area contributed by atoms with Crippen molar-refractivity contribution in [2.45, 2.75) is 19.4 Å². The first-order chi connectivity index (χ1) is 10.6. The Labute approximate surface area is 137 Å². The summed E-state index contributed by atoms with van der Waals surface area (Å²) in [6, 6.07) is 13.8. The van der Waals surface area contributed by atoms with Gasteiger partial charge in [-0.2, -0.15) is 0 Å². The fraction of sp³-hybridized carbons (Fsp3) is 0.235. The van der Waals surface area contributed by atoms with Crippen LogP contribution in [0.1, 0.15) is 12.5 Å². The second-order valence-corrected chi connectivity index (χ2v) is 5.76. The van der Waals surface area contributed by atoms with Gasteiger partial charge in [0.25, 0.3) is 5.91 Å². The molecule has 0 saturated carbocycles. The Morgan fingerprint density at radius 2 is 1.91 bits per heavy atom. The van der Waals surface area contributed by atoms with Crippen LogP contribution in [0, 0.1) is 5.82 Å². The zero-order valence-corrected chi connectivity index (χ0v) is 13.8. The second-order valence-electron chi connectivity index (χ2n) is 4.85. The maximum atomic E-state index is 13.5. The lowest BCUT2D eigenvalue weighted by Crippen LogP contribution is -2.37. The van der Waals surface area contributed by atoms with Crippen LogP contribution in [0.15, 0.2) is 53.0 Å². The van der Waals surface area contributed by atoms with Gasteiger partial charge < -0.3 is 10.1 Å². The number of nitrogens with one attached hydrogen (secondary N) is 1. The maximum Gasteiger partial charge on any atom is 0.260 e. The molecule has 0 saturated heterocycles. The Balaban J connectivity index is 1.79. The predicted octanol–water partition coefficient (Wildman–Crippen LogP) is 3.71. The topological polar surface area (TPSA) is 38.3 Å². The zero-order chi connectivity index (χ0) is 15.9. The van der Waals surface area contributed by atoms with Crippen LogP contribution < -0.4 is 10.1 Å². The summed E-state index contributed by atoms with van der Waals surface area (Å²) in [6.45, 7) is 2.05. The van der Waals surface area contributed by atoms with Gasteiger partial charge in [-0.1, -0.05) is 34.1 Å². The van der Waals surface area contributed by atoms with Crippen LogP contribution in [0.3, 0.4) is 0 Å². The molecule has 2 aromatic carbocycles. The van der Waals surface area contributed by atoms with Crippen molar-refractivity contribution in [1.29, 1.82) is 0 Å². The minimum Gasteiger partial charge on any atom is -0.481 e. The third-order valence-corrected chi connectivity index (χ3v) is 3.68. The second kappa shape index (κ2) is 7.94. The molecule has 0 radical (unpaired) electrons. The molecule has 2 rings (SSSR count). The number of hydrogen-bond donors (Lipinski definition) is 1.